The molecule has 1 atom stereocenters. The molecule has 21 heavy (non-hydrogen) atoms. The predicted octanol–water partition coefficient (Wildman–Crippen LogP) is 3.57. The van der Waals surface area contributed by atoms with Crippen LogP contribution in [0.4, 0.5) is 5.69 Å². The first-order chi connectivity index (χ1) is 10.2. The number of anilines is 1. The van der Waals surface area contributed by atoms with Crippen LogP contribution in [0.25, 0.3) is 0 Å². The fraction of sp³-hybridized carbons (Fsp3) is 0.294. The van der Waals surface area contributed by atoms with Crippen LogP contribution < -0.4 is 10.1 Å². The van der Waals surface area contributed by atoms with Crippen molar-refractivity contribution in [2.75, 3.05) is 24.7 Å². The number of hydrogen-bond acceptors (Lipinski definition) is 4. The van der Waals surface area contributed by atoms with E-state index in [9.17, 15) is 5.11 Å². The van der Waals surface area contributed by atoms with Gasteiger partial charge in [-0.15, -0.1) is 11.8 Å². The topological polar surface area (TPSA) is 41.5 Å². The van der Waals surface area contributed by atoms with Gasteiger partial charge in [-0.05, 0) is 49.6 Å². The van der Waals surface area contributed by atoms with Crippen molar-refractivity contribution >= 4 is 17.4 Å². The summed E-state index contributed by atoms with van der Waals surface area (Å²) >= 11 is 1.71. The number of rotatable bonds is 7. The van der Waals surface area contributed by atoms with Crippen LogP contribution in [0.1, 0.15) is 5.56 Å². The molecule has 4 heteroatoms. The molecule has 2 aromatic rings. The van der Waals surface area contributed by atoms with Crippen LogP contribution in [-0.4, -0.2) is 30.6 Å². The number of thioether (sulfide) groups is 1. The largest absolute Gasteiger partial charge is 0.491 e. The fourth-order valence-electron chi connectivity index (χ4n) is 1.83. The number of aryl methyl sites for hydroxylation is 1. The highest BCUT2D eigenvalue weighted by atomic mass is 32.2. The van der Waals surface area contributed by atoms with Crippen molar-refractivity contribution in [2.24, 2.45) is 0 Å². The Hall–Kier alpha value is -1.65. The Morgan fingerprint density at radius 3 is 2.38 bits per heavy atom. The minimum Gasteiger partial charge on any atom is -0.491 e. The molecular weight excluding hydrogens is 282 g/mol. The Balaban J connectivity index is 1.73. The molecule has 0 aliphatic rings. The minimum absolute atomic E-state index is 0.277. The van der Waals surface area contributed by atoms with Gasteiger partial charge in [0, 0.05) is 17.1 Å². The normalized spacial score (nSPS) is 12.0. The summed E-state index contributed by atoms with van der Waals surface area (Å²) in [6.07, 6.45) is 1.50. The molecule has 0 fully saturated rings. The number of aliphatic hydroxyl groups is 1. The predicted molar refractivity (Wildman–Crippen MR) is 89.4 cm³/mol. The van der Waals surface area contributed by atoms with Gasteiger partial charge in [-0.2, -0.15) is 0 Å². The number of benzene rings is 2. The van der Waals surface area contributed by atoms with Crippen molar-refractivity contribution in [3.05, 3.63) is 54.1 Å². The standard InChI is InChI=1S/C17H21NO2S/c1-13-3-7-16(8-4-13)20-12-15(19)11-18-14-5-9-17(21-2)10-6-14/h3-10,15,18-19H,11-12H2,1-2H3. The first-order valence-corrected chi connectivity index (χ1v) is 8.15. The molecular formula is C17H21NO2S. The van der Waals surface area contributed by atoms with Crippen LogP contribution in [0.15, 0.2) is 53.4 Å². The Morgan fingerprint density at radius 1 is 1.10 bits per heavy atom. The van der Waals surface area contributed by atoms with Gasteiger partial charge in [-0.3, -0.25) is 0 Å². The average molecular weight is 303 g/mol. The van der Waals surface area contributed by atoms with Crippen molar-refractivity contribution in [3.63, 3.8) is 0 Å². The van der Waals surface area contributed by atoms with Gasteiger partial charge in [0.25, 0.3) is 0 Å². The molecule has 0 saturated carbocycles. The molecule has 0 radical (unpaired) electrons. The third-order valence-electron chi connectivity index (χ3n) is 3.10. The van der Waals surface area contributed by atoms with E-state index in [4.69, 9.17) is 4.74 Å². The average Bonchev–Trinajstić information content (AvgIpc) is 2.53. The summed E-state index contributed by atoms with van der Waals surface area (Å²) in [6.45, 7) is 2.77. The molecule has 2 N–H and O–H groups in total. The van der Waals surface area contributed by atoms with Crippen molar-refractivity contribution in [1.82, 2.24) is 0 Å². The number of nitrogens with one attached hydrogen (secondary N) is 1. The van der Waals surface area contributed by atoms with E-state index < -0.39 is 6.10 Å². The van der Waals surface area contributed by atoms with Gasteiger partial charge in [0.15, 0.2) is 0 Å². The molecule has 112 valence electrons. The summed E-state index contributed by atoms with van der Waals surface area (Å²) in [5, 5.41) is 13.1. The molecule has 0 amide bonds. The van der Waals surface area contributed by atoms with Gasteiger partial charge in [0.2, 0.25) is 0 Å². The Bertz CT molecular complexity index is 540. The first-order valence-electron chi connectivity index (χ1n) is 6.93. The first kappa shape index (κ1) is 15.7. The highest BCUT2D eigenvalue weighted by Gasteiger charge is 2.05. The molecule has 3 nitrogen and oxygen atoms in total. The zero-order valence-corrected chi connectivity index (χ0v) is 13.2. The fourth-order valence-corrected chi connectivity index (χ4v) is 2.24. The summed E-state index contributed by atoms with van der Waals surface area (Å²) in [6, 6.07) is 16.0. The van der Waals surface area contributed by atoms with E-state index in [1.807, 2.05) is 43.3 Å². The molecule has 2 aromatic carbocycles. The van der Waals surface area contributed by atoms with Crippen LogP contribution in [0.3, 0.4) is 0 Å². The Morgan fingerprint density at radius 2 is 1.76 bits per heavy atom. The molecule has 0 saturated heterocycles. The second kappa shape index (κ2) is 7.96. The Labute approximate surface area is 130 Å². The quantitative estimate of drug-likeness (QED) is 0.767. The number of ether oxygens (including phenoxy) is 1. The van der Waals surface area contributed by atoms with Gasteiger partial charge in [0.1, 0.15) is 18.5 Å². The lowest BCUT2D eigenvalue weighted by molar-refractivity contribution is 0.117. The molecule has 0 heterocycles. The Kier molecular flexibility index (Phi) is 5.96. The van der Waals surface area contributed by atoms with Gasteiger partial charge in [-0.25, -0.2) is 0 Å². The lowest BCUT2D eigenvalue weighted by Gasteiger charge is -2.14. The number of aliphatic hydroxyl groups excluding tert-OH is 1. The lowest BCUT2D eigenvalue weighted by Crippen LogP contribution is -2.26. The van der Waals surface area contributed by atoms with E-state index in [1.54, 1.807) is 11.8 Å². The van der Waals surface area contributed by atoms with Crippen LogP contribution in [-0.2, 0) is 0 Å². The van der Waals surface area contributed by atoms with Crippen molar-refractivity contribution < 1.29 is 9.84 Å². The molecule has 0 aliphatic carbocycles. The van der Waals surface area contributed by atoms with Crippen LogP contribution in [0.5, 0.6) is 5.75 Å². The molecule has 2 rings (SSSR count). The summed E-state index contributed by atoms with van der Waals surface area (Å²) in [4.78, 5) is 1.23. The SMILES string of the molecule is CSc1ccc(NCC(O)COc2ccc(C)cc2)cc1. The zero-order chi connectivity index (χ0) is 15.1. The maximum Gasteiger partial charge on any atom is 0.119 e. The van der Waals surface area contributed by atoms with E-state index >= 15 is 0 Å². The summed E-state index contributed by atoms with van der Waals surface area (Å²) in [5.41, 5.74) is 2.19. The van der Waals surface area contributed by atoms with Gasteiger partial charge in [-0.1, -0.05) is 17.7 Å². The third kappa shape index (κ3) is 5.33. The minimum atomic E-state index is -0.550. The van der Waals surface area contributed by atoms with Crippen molar-refractivity contribution in [2.45, 2.75) is 17.9 Å². The van der Waals surface area contributed by atoms with E-state index in [0.29, 0.717) is 6.54 Å². The van der Waals surface area contributed by atoms with Gasteiger partial charge >= 0.3 is 0 Å². The smallest absolute Gasteiger partial charge is 0.119 e. The monoisotopic (exact) mass is 303 g/mol. The van der Waals surface area contributed by atoms with Crippen molar-refractivity contribution in [1.29, 1.82) is 0 Å². The van der Waals surface area contributed by atoms with Crippen molar-refractivity contribution in [3.8, 4) is 5.75 Å². The van der Waals surface area contributed by atoms with E-state index in [2.05, 4.69) is 23.7 Å². The highest BCUT2D eigenvalue weighted by Crippen LogP contribution is 2.17. The van der Waals surface area contributed by atoms with Gasteiger partial charge < -0.3 is 15.2 Å². The van der Waals surface area contributed by atoms with E-state index in [1.165, 1.54) is 10.5 Å². The molecule has 0 spiro atoms. The van der Waals surface area contributed by atoms with Gasteiger partial charge in [0.05, 0.1) is 0 Å². The zero-order valence-electron chi connectivity index (χ0n) is 12.4. The van der Waals surface area contributed by atoms with Crippen LogP contribution >= 0.6 is 11.8 Å². The summed E-state index contributed by atoms with van der Waals surface area (Å²) < 4.78 is 5.55. The number of hydrogen-bond donors (Lipinski definition) is 2. The van der Waals surface area contributed by atoms with E-state index in [-0.39, 0.29) is 6.61 Å². The third-order valence-corrected chi connectivity index (χ3v) is 3.84. The second-order valence-corrected chi connectivity index (χ2v) is 5.77. The summed E-state index contributed by atoms with van der Waals surface area (Å²) in [7, 11) is 0. The highest BCUT2D eigenvalue weighted by molar-refractivity contribution is 7.98. The maximum absolute atomic E-state index is 9.94. The van der Waals surface area contributed by atoms with Crippen LogP contribution in [0.2, 0.25) is 0 Å². The molecule has 0 bridgehead atoms. The second-order valence-electron chi connectivity index (χ2n) is 4.89. The molecule has 0 aliphatic heterocycles. The molecule has 0 aromatic heterocycles. The summed E-state index contributed by atoms with van der Waals surface area (Å²) in [5.74, 6) is 0.781. The molecule has 1 unspecified atom stereocenters. The van der Waals surface area contributed by atoms with Crippen LogP contribution in [0, 0.1) is 6.92 Å². The lowest BCUT2D eigenvalue weighted by atomic mass is 10.2. The van der Waals surface area contributed by atoms with E-state index in [0.717, 1.165) is 11.4 Å². The maximum atomic E-state index is 9.94.